The molecule has 0 amide bonds. The van der Waals surface area contributed by atoms with Crippen LogP contribution in [0.1, 0.15) is 26.5 Å². The van der Waals surface area contributed by atoms with E-state index in [1.54, 1.807) is 6.20 Å². The van der Waals surface area contributed by atoms with Gasteiger partial charge in [0.05, 0.1) is 11.6 Å². The van der Waals surface area contributed by atoms with Gasteiger partial charge in [-0.15, -0.1) is 0 Å². The lowest BCUT2D eigenvalue weighted by Gasteiger charge is -2.36. The highest BCUT2D eigenvalue weighted by Gasteiger charge is 2.37. The lowest BCUT2D eigenvalue weighted by Crippen LogP contribution is -2.40. The molecule has 0 bridgehead atoms. The van der Waals surface area contributed by atoms with Crippen LogP contribution in [0.3, 0.4) is 0 Å². The van der Waals surface area contributed by atoms with Crippen LogP contribution in [-0.2, 0) is 11.0 Å². The number of fused-ring (bicyclic) bond motifs is 1. The SMILES string of the molecule is CC(C)(C)[Si](C)(C)OCc1ccc2ncc(Cl)cn12. The summed E-state index contributed by atoms with van der Waals surface area (Å²) in [6.07, 6.45) is 3.55. The van der Waals surface area contributed by atoms with E-state index in [1.807, 2.05) is 22.7 Å². The van der Waals surface area contributed by atoms with E-state index in [9.17, 15) is 0 Å². The first kappa shape index (κ1) is 14.6. The van der Waals surface area contributed by atoms with Gasteiger partial charge >= 0.3 is 0 Å². The Morgan fingerprint density at radius 1 is 1.32 bits per heavy atom. The quantitative estimate of drug-likeness (QED) is 0.779. The van der Waals surface area contributed by atoms with Crippen molar-refractivity contribution in [2.24, 2.45) is 0 Å². The van der Waals surface area contributed by atoms with Crippen molar-refractivity contribution < 1.29 is 4.43 Å². The molecule has 2 aromatic heterocycles. The van der Waals surface area contributed by atoms with Crippen LogP contribution in [0, 0.1) is 0 Å². The summed E-state index contributed by atoms with van der Waals surface area (Å²) in [7, 11) is -1.73. The summed E-state index contributed by atoms with van der Waals surface area (Å²) < 4.78 is 8.23. The van der Waals surface area contributed by atoms with E-state index in [4.69, 9.17) is 16.0 Å². The molecule has 0 unspecified atom stereocenters. The summed E-state index contributed by atoms with van der Waals surface area (Å²) in [6, 6.07) is 4.03. The molecule has 5 heteroatoms. The minimum Gasteiger partial charge on any atom is -0.411 e. The van der Waals surface area contributed by atoms with Gasteiger partial charge in [0.15, 0.2) is 8.32 Å². The molecule has 2 rings (SSSR count). The molecule has 0 N–H and O–H groups in total. The predicted molar refractivity (Wildman–Crippen MR) is 82.2 cm³/mol. The third-order valence-electron chi connectivity index (χ3n) is 3.94. The Morgan fingerprint density at radius 2 is 2.00 bits per heavy atom. The zero-order chi connectivity index (χ0) is 14.3. The first-order valence-electron chi connectivity index (χ1n) is 6.46. The Hall–Kier alpha value is -0.843. The molecule has 0 aliphatic rings. The van der Waals surface area contributed by atoms with Gasteiger partial charge < -0.3 is 8.83 Å². The molecule has 0 saturated heterocycles. The Balaban J connectivity index is 2.21. The first-order valence-corrected chi connectivity index (χ1v) is 9.75. The number of nitrogens with zero attached hydrogens (tertiary/aromatic N) is 2. The maximum atomic E-state index is 6.23. The molecule has 0 fully saturated rings. The Kier molecular flexibility index (Phi) is 3.77. The zero-order valence-electron chi connectivity index (χ0n) is 12.2. The minimum absolute atomic E-state index is 0.218. The van der Waals surface area contributed by atoms with E-state index >= 15 is 0 Å². The average molecular weight is 297 g/mol. The van der Waals surface area contributed by atoms with Crippen molar-refractivity contribution in [2.75, 3.05) is 0 Å². The van der Waals surface area contributed by atoms with E-state index in [1.165, 1.54) is 0 Å². The first-order chi connectivity index (χ1) is 8.71. The van der Waals surface area contributed by atoms with Gasteiger partial charge in [0.2, 0.25) is 0 Å². The minimum atomic E-state index is -1.73. The predicted octanol–water partition coefficient (Wildman–Crippen LogP) is 4.51. The fraction of sp³-hybridized carbons (Fsp3) is 0.500. The van der Waals surface area contributed by atoms with E-state index < -0.39 is 8.32 Å². The normalized spacial score (nSPS) is 13.2. The highest BCUT2D eigenvalue weighted by Crippen LogP contribution is 2.37. The van der Waals surface area contributed by atoms with Crippen molar-refractivity contribution >= 4 is 25.6 Å². The lowest BCUT2D eigenvalue weighted by molar-refractivity contribution is 0.271. The fourth-order valence-electron chi connectivity index (χ4n) is 1.61. The second kappa shape index (κ2) is 4.92. The number of aromatic nitrogens is 2. The van der Waals surface area contributed by atoms with Gasteiger partial charge in [0, 0.05) is 18.1 Å². The second-order valence-corrected chi connectivity index (χ2v) is 11.6. The van der Waals surface area contributed by atoms with Crippen LogP contribution in [-0.4, -0.2) is 17.7 Å². The summed E-state index contributed by atoms with van der Waals surface area (Å²) in [4.78, 5) is 4.28. The van der Waals surface area contributed by atoms with Gasteiger partial charge in [-0.2, -0.15) is 0 Å². The molecule has 2 heterocycles. The highest BCUT2D eigenvalue weighted by atomic mass is 35.5. The third kappa shape index (κ3) is 3.01. The van der Waals surface area contributed by atoms with Crippen molar-refractivity contribution in [1.82, 2.24) is 9.38 Å². The average Bonchev–Trinajstić information content (AvgIpc) is 2.67. The van der Waals surface area contributed by atoms with Crippen molar-refractivity contribution in [1.29, 1.82) is 0 Å². The van der Waals surface area contributed by atoms with E-state index in [2.05, 4.69) is 38.8 Å². The Morgan fingerprint density at radius 3 is 2.63 bits per heavy atom. The molecule has 0 saturated carbocycles. The van der Waals surface area contributed by atoms with E-state index in [0.717, 1.165) is 11.3 Å². The van der Waals surface area contributed by atoms with Gasteiger partial charge in [0.25, 0.3) is 0 Å². The van der Waals surface area contributed by atoms with Gasteiger partial charge in [-0.3, -0.25) is 0 Å². The van der Waals surface area contributed by atoms with Gasteiger partial charge in [-0.05, 0) is 30.3 Å². The van der Waals surface area contributed by atoms with E-state index in [0.29, 0.717) is 11.6 Å². The number of halogens is 1. The summed E-state index contributed by atoms with van der Waals surface area (Å²) >= 11 is 5.99. The van der Waals surface area contributed by atoms with Gasteiger partial charge in [-0.25, -0.2) is 4.98 Å². The summed E-state index contributed by atoms with van der Waals surface area (Å²) in [6.45, 7) is 11.9. The molecule has 104 valence electrons. The number of rotatable bonds is 3. The molecule has 0 aliphatic heterocycles. The van der Waals surface area contributed by atoms with Crippen molar-refractivity contribution in [3.8, 4) is 0 Å². The maximum Gasteiger partial charge on any atom is 0.192 e. The van der Waals surface area contributed by atoms with Crippen LogP contribution in [0.4, 0.5) is 0 Å². The maximum absolute atomic E-state index is 6.23. The third-order valence-corrected chi connectivity index (χ3v) is 8.61. The summed E-state index contributed by atoms with van der Waals surface area (Å²) in [5.41, 5.74) is 1.99. The van der Waals surface area contributed by atoms with Crippen molar-refractivity contribution in [3.05, 3.63) is 35.2 Å². The Bertz CT molecular complexity index is 587. The van der Waals surface area contributed by atoms with Crippen molar-refractivity contribution in [2.45, 2.75) is 45.5 Å². The molecule has 2 aromatic rings. The molecule has 0 atom stereocenters. The molecule has 19 heavy (non-hydrogen) atoms. The van der Waals surface area contributed by atoms with Crippen LogP contribution in [0.15, 0.2) is 24.5 Å². The summed E-state index contributed by atoms with van der Waals surface area (Å²) in [5.74, 6) is 0. The van der Waals surface area contributed by atoms with Crippen LogP contribution < -0.4 is 0 Å². The van der Waals surface area contributed by atoms with Gasteiger partial charge in [0.1, 0.15) is 5.65 Å². The molecule has 0 radical (unpaired) electrons. The zero-order valence-corrected chi connectivity index (χ0v) is 14.0. The summed E-state index contributed by atoms with van der Waals surface area (Å²) in [5, 5.41) is 0.855. The van der Waals surface area contributed by atoms with Crippen LogP contribution in [0.25, 0.3) is 5.65 Å². The molecular weight excluding hydrogens is 276 g/mol. The highest BCUT2D eigenvalue weighted by molar-refractivity contribution is 6.74. The van der Waals surface area contributed by atoms with Crippen LogP contribution in [0.2, 0.25) is 23.2 Å². The van der Waals surface area contributed by atoms with Crippen molar-refractivity contribution in [3.63, 3.8) is 0 Å². The van der Waals surface area contributed by atoms with E-state index in [-0.39, 0.29) is 5.04 Å². The van der Waals surface area contributed by atoms with Crippen LogP contribution in [0.5, 0.6) is 0 Å². The van der Waals surface area contributed by atoms with Gasteiger partial charge in [-0.1, -0.05) is 32.4 Å². The molecule has 0 aliphatic carbocycles. The molecular formula is C14H21ClN2OSi. The Labute approximate surface area is 120 Å². The lowest BCUT2D eigenvalue weighted by atomic mass is 10.2. The largest absolute Gasteiger partial charge is 0.411 e. The molecule has 3 nitrogen and oxygen atoms in total. The smallest absolute Gasteiger partial charge is 0.192 e. The number of hydrogen-bond donors (Lipinski definition) is 0. The number of hydrogen-bond acceptors (Lipinski definition) is 2. The second-order valence-electron chi connectivity index (χ2n) is 6.37. The standard InChI is InChI=1S/C14H21ClN2OSi/c1-14(2,3)19(4,5)18-10-12-6-7-13-16-8-11(15)9-17(12)13/h6-9H,10H2,1-5H3. The topological polar surface area (TPSA) is 26.5 Å². The molecule has 0 spiro atoms. The fourth-order valence-corrected chi connectivity index (χ4v) is 2.69. The monoisotopic (exact) mass is 296 g/mol. The van der Waals surface area contributed by atoms with Crippen LogP contribution >= 0.6 is 11.6 Å². The molecule has 0 aromatic carbocycles.